The zero-order valence-electron chi connectivity index (χ0n) is 10.6. The number of esters is 2. The highest BCUT2D eigenvalue weighted by molar-refractivity contribution is 7.90. The van der Waals surface area contributed by atoms with Gasteiger partial charge in [0.2, 0.25) is 10.0 Å². The molecule has 0 aliphatic rings. The minimum Gasteiger partial charge on any atom is -0.466 e. The maximum Gasteiger partial charge on any atom is 0.322 e. The van der Waals surface area contributed by atoms with E-state index in [2.05, 4.69) is 14.2 Å². The molecular formula is C10H19NO6S. The number of carbonyl (C=O) groups is 2. The Morgan fingerprint density at radius 2 is 1.61 bits per heavy atom. The first kappa shape index (κ1) is 16.9. The van der Waals surface area contributed by atoms with Gasteiger partial charge < -0.3 is 9.47 Å². The SMILES string of the molecule is CCOC(=O)CCCNS(=O)(=O)CC(=O)OCC. The molecule has 106 valence electrons. The van der Waals surface area contributed by atoms with E-state index in [0.717, 1.165) is 0 Å². The smallest absolute Gasteiger partial charge is 0.322 e. The van der Waals surface area contributed by atoms with Crippen LogP contribution in [0.4, 0.5) is 0 Å². The van der Waals surface area contributed by atoms with Gasteiger partial charge in [0, 0.05) is 13.0 Å². The third-order valence-electron chi connectivity index (χ3n) is 1.80. The first-order valence-corrected chi connectivity index (χ1v) is 7.35. The van der Waals surface area contributed by atoms with E-state index < -0.39 is 21.7 Å². The lowest BCUT2D eigenvalue weighted by atomic mass is 10.3. The van der Waals surface area contributed by atoms with Crippen molar-refractivity contribution >= 4 is 22.0 Å². The summed E-state index contributed by atoms with van der Waals surface area (Å²) in [4.78, 5) is 21.9. The molecule has 0 radical (unpaired) electrons. The highest BCUT2D eigenvalue weighted by Crippen LogP contribution is 1.94. The zero-order chi connectivity index (χ0) is 14.0. The molecule has 0 heterocycles. The molecule has 0 atom stereocenters. The number of ether oxygens (including phenoxy) is 2. The lowest BCUT2D eigenvalue weighted by Gasteiger charge is -2.06. The quantitative estimate of drug-likeness (QED) is 0.464. The van der Waals surface area contributed by atoms with Gasteiger partial charge in [0.05, 0.1) is 13.2 Å². The van der Waals surface area contributed by atoms with Crippen LogP contribution in [0.25, 0.3) is 0 Å². The molecule has 0 saturated heterocycles. The van der Waals surface area contributed by atoms with E-state index in [1.54, 1.807) is 13.8 Å². The van der Waals surface area contributed by atoms with E-state index in [-0.39, 0.29) is 25.5 Å². The molecule has 0 amide bonds. The molecule has 0 aliphatic heterocycles. The molecule has 0 aromatic heterocycles. The predicted octanol–water partition coefficient (Wildman–Crippen LogP) is -0.188. The summed E-state index contributed by atoms with van der Waals surface area (Å²) in [5.74, 6) is -1.88. The van der Waals surface area contributed by atoms with Crippen molar-refractivity contribution in [3.63, 3.8) is 0 Å². The van der Waals surface area contributed by atoms with Crippen LogP contribution in [0.15, 0.2) is 0 Å². The van der Waals surface area contributed by atoms with E-state index in [4.69, 9.17) is 0 Å². The lowest BCUT2D eigenvalue weighted by Crippen LogP contribution is -2.32. The van der Waals surface area contributed by atoms with Crippen molar-refractivity contribution in [3.05, 3.63) is 0 Å². The molecule has 18 heavy (non-hydrogen) atoms. The molecule has 0 bridgehead atoms. The summed E-state index contributed by atoms with van der Waals surface area (Å²) in [6.45, 7) is 3.81. The topological polar surface area (TPSA) is 98.8 Å². The Labute approximate surface area is 107 Å². The summed E-state index contributed by atoms with van der Waals surface area (Å²) in [6.07, 6.45) is 0.455. The second kappa shape index (κ2) is 8.87. The monoisotopic (exact) mass is 281 g/mol. The Bertz CT molecular complexity index is 365. The minimum atomic E-state index is -3.69. The van der Waals surface area contributed by atoms with Gasteiger partial charge in [0.25, 0.3) is 0 Å². The standard InChI is InChI=1S/C10H19NO6S/c1-3-16-9(12)6-5-7-11-18(14,15)8-10(13)17-4-2/h11H,3-8H2,1-2H3. The third kappa shape index (κ3) is 8.94. The fraction of sp³-hybridized carbons (Fsp3) is 0.800. The van der Waals surface area contributed by atoms with Gasteiger partial charge in [-0.05, 0) is 20.3 Å². The minimum absolute atomic E-state index is 0.0839. The fourth-order valence-corrected chi connectivity index (χ4v) is 2.05. The molecule has 1 N–H and O–H groups in total. The van der Waals surface area contributed by atoms with Crippen LogP contribution in [0, 0.1) is 0 Å². The van der Waals surface area contributed by atoms with Crippen LogP contribution in [0.3, 0.4) is 0 Å². The van der Waals surface area contributed by atoms with Crippen molar-refractivity contribution in [2.75, 3.05) is 25.5 Å². The van der Waals surface area contributed by atoms with Gasteiger partial charge in [-0.2, -0.15) is 0 Å². The Kier molecular flexibility index (Phi) is 8.30. The van der Waals surface area contributed by atoms with Crippen molar-refractivity contribution < 1.29 is 27.5 Å². The predicted molar refractivity (Wildman–Crippen MR) is 64.3 cm³/mol. The van der Waals surface area contributed by atoms with E-state index >= 15 is 0 Å². The molecule has 0 aromatic rings. The van der Waals surface area contributed by atoms with Crippen molar-refractivity contribution in [2.45, 2.75) is 26.7 Å². The summed E-state index contributed by atoms with van der Waals surface area (Å²) in [5.41, 5.74) is 0. The van der Waals surface area contributed by atoms with Crippen molar-refractivity contribution in [3.8, 4) is 0 Å². The molecule has 0 rings (SSSR count). The molecule has 8 heteroatoms. The van der Waals surface area contributed by atoms with Crippen molar-refractivity contribution in [2.24, 2.45) is 0 Å². The molecule has 0 spiro atoms. The second-order valence-corrected chi connectivity index (χ2v) is 5.17. The van der Waals surface area contributed by atoms with Gasteiger partial charge in [-0.15, -0.1) is 0 Å². The van der Waals surface area contributed by atoms with Gasteiger partial charge in [-0.3, -0.25) is 9.59 Å². The number of nitrogens with one attached hydrogen (secondary N) is 1. The molecule has 0 aliphatic carbocycles. The fourth-order valence-electron chi connectivity index (χ4n) is 1.10. The van der Waals surface area contributed by atoms with Gasteiger partial charge >= 0.3 is 11.9 Å². The summed E-state index contributed by atoms with van der Waals surface area (Å²) >= 11 is 0. The van der Waals surface area contributed by atoms with Gasteiger partial charge in [0.15, 0.2) is 5.75 Å². The van der Waals surface area contributed by atoms with Crippen LogP contribution in [0.2, 0.25) is 0 Å². The Balaban J connectivity index is 3.84. The maximum absolute atomic E-state index is 11.4. The second-order valence-electron chi connectivity index (χ2n) is 3.37. The van der Waals surface area contributed by atoms with E-state index in [1.807, 2.05) is 0 Å². The lowest BCUT2D eigenvalue weighted by molar-refractivity contribution is -0.143. The Morgan fingerprint density at radius 3 is 2.17 bits per heavy atom. The molecule has 7 nitrogen and oxygen atoms in total. The van der Waals surface area contributed by atoms with E-state index in [1.165, 1.54) is 0 Å². The number of carbonyl (C=O) groups excluding carboxylic acids is 2. The molecule has 0 saturated carbocycles. The summed E-state index contributed by atoms with van der Waals surface area (Å²) < 4.78 is 34.1. The van der Waals surface area contributed by atoms with E-state index in [9.17, 15) is 18.0 Å². The first-order valence-electron chi connectivity index (χ1n) is 5.69. The highest BCUT2D eigenvalue weighted by atomic mass is 32.2. The number of hydrogen-bond donors (Lipinski definition) is 1. The number of sulfonamides is 1. The Hall–Kier alpha value is -1.15. The van der Waals surface area contributed by atoms with Crippen LogP contribution < -0.4 is 4.72 Å². The largest absolute Gasteiger partial charge is 0.466 e. The third-order valence-corrected chi connectivity index (χ3v) is 3.06. The normalized spacial score (nSPS) is 11.0. The molecule has 0 aromatic carbocycles. The number of hydrogen-bond acceptors (Lipinski definition) is 6. The van der Waals surface area contributed by atoms with E-state index in [0.29, 0.717) is 13.0 Å². The van der Waals surface area contributed by atoms with Crippen LogP contribution >= 0.6 is 0 Å². The summed E-state index contributed by atoms with van der Waals surface area (Å²) in [5, 5.41) is 0. The molecule has 0 unspecified atom stereocenters. The van der Waals surface area contributed by atoms with Crippen LogP contribution in [0.5, 0.6) is 0 Å². The Morgan fingerprint density at radius 1 is 1.06 bits per heavy atom. The summed E-state index contributed by atoms with van der Waals surface area (Å²) in [6, 6.07) is 0. The number of rotatable bonds is 9. The average molecular weight is 281 g/mol. The molecular weight excluding hydrogens is 262 g/mol. The van der Waals surface area contributed by atoms with Crippen molar-refractivity contribution in [1.82, 2.24) is 4.72 Å². The maximum atomic E-state index is 11.4. The van der Waals surface area contributed by atoms with Gasteiger partial charge in [-0.1, -0.05) is 0 Å². The van der Waals surface area contributed by atoms with Crippen LogP contribution in [-0.4, -0.2) is 45.9 Å². The van der Waals surface area contributed by atoms with Crippen LogP contribution in [-0.2, 0) is 29.1 Å². The highest BCUT2D eigenvalue weighted by Gasteiger charge is 2.16. The van der Waals surface area contributed by atoms with Crippen molar-refractivity contribution in [1.29, 1.82) is 0 Å². The average Bonchev–Trinajstić information content (AvgIpc) is 2.24. The molecule has 0 fully saturated rings. The zero-order valence-corrected chi connectivity index (χ0v) is 11.4. The van der Waals surface area contributed by atoms with Crippen LogP contribution in [0.1, 0.15) is 26.7 Å². The van der Waals surface area contributed by atoms with Gasteiger partial charge in [-0.25, -0.2) is 13.1 Å². The first-order chi connectivity index (χ1) is 8.41. The summed E-state index contributed by atoms with van der Waals surface area (Å²) in [7, 11) is -3.69. The van der Waals surface area contributed by atoms with Gasteiger partial charge in [0.1, 0.15) is 0 Å².